The van der Waals surface area contributed by atoms with Crippen LogP contribution < -0.4 is 4.90 Å². The fourth-order valence-electron chi connectivity index (χ4n) is 4.67. The maximum atomic E-state index is 4.71. The van der Waals surface area contributed by atoms with Crippen LogP contribution in [-0.2, 0) is 10.8 Å². The summed E-state index contributed by atoms with van der Waals surface area (Å²) in [7, 11) is 0. The summed E-state index contributed by atoms with van der Waals surface area (Å²) >= 11 is 0. The Kier molecular flexibility index (Phi) is 4.33. The smallest absolute Gasteiger partial charge is 0.0722 e. The van der Waals surface area contributed by atoms with Gasteiger partial charge in [0.15, 0.2) is 0 Å². The summed E-state index contributed by atoms with van der Waals surface area (Å²) in [5, 5.41) is 0. The molecular formula is C24H32N2. The van der Waals surface area contributed by atoms with E-state index in [0.29, 0.717) is 0 Å². The van der Waals surface area contributed by atoms with Crippen molar-refractivity contribution in [2.24, 2.45) is 0 Å². The number of nitrogens with zero attached hydrogens (tertiary/aromatic N) is 2. The third-order valence-electron chi connectivity index (χ3n) is 6.61. The Morgan fingerprint density at radius 1 is 0.808 bits per heavy atom. The fourth-order valence-corrected chi connectivity index (χ4v) is 4.67. The van der Waals surface area contributed by atoms with Crippen LogP contribution in [0.25, 0.3) is 11.3 Å². The normalized spacial score (nSPS) is 21.3. The van der Waals surface area contributed by atoms with Crippen LogP contribution in [0, 0.1) is 0 Å². The molecule has 1 aromatic heterocycles. The van der Waals surface area contributed by atoms with E-state index < -0.39 is 0 Å². The Labute approximate surface area is 158 Å². The maximum absolute atomic E-state index is 4.71. The van der Waals surface area contributed by atoms with E-state index in [1.54, 1.807) is 0 Å². The van der Waals surface area contributed by atoms with Crippen molar-refractivity contribution in [1.82, 2.24) is 4.98 Å². The van der Waals surface area contributed by atoms with E-state index in [4.69, 9.17) is 4.98 Å². The first kappa shape index (κ1) is 17.6. The van der Waals surface area contributed by atoms with Crippen molar-refractivity contribution in [2.75, 3.05) is 18.0 Å². The molecule has 0 amide bonds. The van der Waals surface area contributed by atoms with Gasteiger partial charge in [-0.25, -0.2) is 0 Å². The number of anilines is 1. The van der Waals surface area contributed by atoms with Crippen LogP contribution in [-0.4, -0.2) is 18.1 Å². The summed E-state index contributed by atoms with van der Waals surface area (Å²) in [5.41, 5.74) is 7.23. The van der Waals surface area contributed by atoms with Crippen LogP contribution in [0.15, 0.2) is 36.5 Å². The number of pyridine rings is 1. The van der Waals surface area contributed by atoms with Crippen molar-refractivity contribution in [2.45, 2.75) is 70.6 Å². The first-order valence-corrected chi connectivity index (χ1v) is 10.2. The minimum absolute atomic E-state index is 0.241. The highest BCUT2D eigenvalue weighted by Gasteiger charge is 2.37. The number of aromatic nitrogens is 1. The molecular weight excluding hydrogens is 316 g/mol. The van der Waals surface area contributed by atoms with Crippen molar-refractivity contribution < 1.29 is 0 Å². The predicted octanol–water partition coefficient (Wildman–Crippen LogP) is 6.09. The standard InChI is InChI=1S/C24H32N2/c1-23(2)11-12-24(3,4)21-16-18(8-9-20(21)23)22-17-19(10-13-25-22)26-14-6-5-7-15-26/h8-10,13,16-17H,5-7,11-12,14-15H2,1-4H3. The molecule has 0 radical (unpaired) electrons. The summed E-state index contributed by atoms with van der Waals surface area (Å²) in [6, 6.07) is 11.5. The highest BCUT2D eigenvalue weighted by atomic mass is 15.1. The Bertz CT molecular complexity index is 798. The van der Waals surface area contributed by atoms with Crippen molar-refractivity contribution in [3.05, 3.63) is 47.7 Å². The van der Waals surface area contributed by atoms with Crippen molar-refractivity contribution in [3.63, 3.8) is 0 Å². The molecule has 2 nitrogen and oxygen atoms in total. The third kappa shape index (κ3) is 3.15. The second kappa shape index (κ2) is 6.40. The molecule has 0 N–H and O–H groups in total. The molecule has 0 bridgehead atoms. The molecule has 2 heteroatoms. The zero-order valence-electron chi connectivity index (χ0n) is 16.8. The van der Waals surface area contributed by atoms with Crippen LogP contribution >= 0.6 is 0 Å². The summed E-state index contributed by atoms with van der Waals surface area (Å²) < 4.78 is 0. The fraction of sp³-hybridized carbons (Fsp3) is 0.542. The minimum Gasteiger partial charge on any atom is -0.371 e. The van der Waals surface area contributed by atoms with Crippen molar-refractivity contribution in [1.29, 1.82) is 0 Å². The second-order valence-corrected chi connectivity index (χ2v) is 9.48. The molecule has 2 aromatic rings. The van der Waals surface area contributed by atoms with Crippen LogP contribution in [0.1, 0.15) is 70.9 Å². The van der Waals surface area contributed by atoms with Crippen LogP contribution in [0.4, 0.5) is 5.69 Å². The SMILES string of the molecule is CC1(C)CCC(C)(C)c2cc(-c3cc(N4CCCCC4)ccn3)ccc21. The molecule has 0 atom stereocenters. The molecule has 4 rings (SSSR count). The van der Waals surface area contributed by atoms with Crippen molar-refractivity contribution in [3.8, 4) is 11.3 Å². The van der Waals surface area contributed by atoms with Gasteiger partial charge in [0.05, 0.1) is 5.69 Å². The number of piperidine rings is 1. The molecule has 26 heavy (non-hydrogen) atoms. The predicted molar refractivity (Wildman–Crippen MR) is 111 cm³/mol. The summed E-state index contributed by atoms with van der Waals surface area (Å²) in [6.45, 7) is 11.9. The first-order valence-electron chi connectivity index (χ1n) is 10.2. The molecule has 1 aliphatic heterocycles. The van der Waals surface area contributed by atoms with Crippen LogP contribution in [0.3, 0.4) is 0 Å². The van der Waals surface area contributed by atoms with Gasteiger partial charge in [-0.05, 0) is 72.3 Å². The monoisotopic (exact) mass is 348 g/mol. The van der Waals surface area contributed by atoms with E-state index in [2.05, 4.69) is 62.9 Å². The van der Waals surface area contributed by atoms with Gasteiger partial charge in [-0.3, -0.25) is 4.98 Å². The number of hydrogen-bond donors (Lipinski definition) is 0. The van der Waals surface area contributed by atoms with E-state index in [9.17, 15) is 0 Å². The average Bonchev–Trinajstić information content (AvgIpc) is 2.66. The zero-order chi connectivity index (χ0) is 18.4. The van der Waals surface area contributed by atoms with Gasteiger partial charge in [0, 0.05) is 30.5 Å². The van der Waals surface area contributed by atoms with Gasteiger partial charge in [-0.2, -0.15) is 0 Å². The topological polar surface area (TPSA) is 16.1 Å². The van der Waals surface area contributed by atoms with Gasteiger partial charge < -0.3 is 4.90 Å². The lowest BCUT2D eigenvalue weighted by molar-refractivity contribution is 0.332. The summed E-state index contributed by atoms with van der Waals surface area (Å²) in [6.07, 6.45) is 8.46. The summed E-state index contributed by atoms with van der Waals surface area (Å²) in [4.78, 5) is 7.22. The molecule has 0 spiro atoms. The maximum Gasteiger partial charge on any atom is 0.0722 e. The lowest BCUT2D eigenvalue weighted by Gasteiger charge is -2.42. The number of fused-ring (bicyclic) bond motifs is 1. The van der Waals surface area contributed by atoms with Gasteiger partial charge in [0.1, 0.15) is 0 Å². The van der Waals surface area contributed by atoms with E-state index in [1.165, 1.54) is 67.6 Å². The number of benzene rings is 1. The largest absolute Gasteiger partial charge is 0.371 e. The second-order valence-electron chi connectivity index (χ2n) is 9.48. The Balaban J connectivity index is 1.73. The third-order valence-corrected chi connectivity index (χ3v) is 6.61. The molecule has 0 saturated carbocycles. The van der Waals surface area contributed by atoms with Gasteiger partial charge in [-0.15, -0.1) is 0 Å². The number of rotatable bonds is 2. The molecule has 2 heterocycles. The number of hydrogen-bond acceptors (Lipinski definition) is 2. The summed E-state index contributed by atoms with van der Waals surface area (Å²) in [5.74, 6) is 0. The first-order chi connectivity index (χ1) is 12.4. The molecule has 1 aromatic carbocycles. The van der Waals surface area contributed by atoms with E-state index >= 15 is 0 Å². The molecule has 138 valence electrons. The van der Waals surface area contributed by atoms with Crippen molar-refractivity contribution >= 4 is 5.69 Å². The van der Waals surface area contributed by atoms with Gasteiger partial charge in [0.2, 0.25) is 0 Å². The molecule has 2 aliphatic rings. The highest BCUT2D eigenvalue weighted by Crippen LogP contribution is 2.46. The molecule has 1 aliphatic carbocycles. The van der Waals surface area contributed by atoms with E-state index in [1.807, 2.05) is 6.20 Å². The lowest BCUT2D eigenvalue weighted by Crippen LogP contribution is -2.33. The van der Waals surface area contributed by atoms with E-state index in [-0.39, 0.29) is 10.8 Å². The van der Waals surface area contributed by atoms with E-state index in [0.717, 1.165) is 5.69 Å². The van der Waals surface area contributed by atoms with Crippen LogP contribution in [0.5, 0.6) is 0 Å². The van der Waals surface area contributed by atoms with Gasteiger partial charge in [0.25, 0.3) is 0 Å². The quantitative estimate of drug-likeness (QED) is 0.653. The lowest BCUT2D eigenvalue weighted by atomic mass is 9.63. The molecule has 1 fully saturated rings. The molecule has 1 saturated heterocycles. The zero-order valence-corrected chi connectivity index (χ0v) is 16.8. The minimum atomic E-state index is 0.241. The van der Waals surface area contributed by atoms with Gasteiger partial charge >= 0.3 is 0 Å². The Morgan fingerprint density at radius 3 is 2.23 bits per heavy atom. The van der Waals surface area contributed by atoms with Gasteiger partial charge in [-0.1, -0.05) is 39.8 Å². The molecule has 0 unspecified atom stereocenters. The Hall–Kier alpha value is -1.83. The Morgan fingerprint density at radius 2 is 1.50 bits per heavy atom. The average molecular weight is 349 g/mol. The van der Waals surface area contributed by atoms with Crippen LogP contribution in [0.2, 0.25) is 0 Å². The highest BCUT2D eigenvalue weighted by molar-refractivity contribution is 5.67.